The van der Waals surface area contributed by atoms with E-state index in [2.05, 4.69) is 38.1 Å². The van der Waals surface area contributed by atoms with Crippen molar-refractivity contribution in [3.05, 3.63) is 66.5 Å². The van der Waals surface area contributed by atoms with Crippen LogP contribution in [-0.4, -0.2) is 24.5 Å². The number of hydrogen-bond donors (Lipinski definition) is 2. The van der Waals surface area contributed by atoms with Crippen LogP contribution in [0.4, 0.5) is 16.3 Å². The standard InChI is InChI=1S/C17H14FN7.C2H6.C2H2/c18-11-6-7-13-14(8-11)25(12-4-2-1-3-5-12)15(23-13)9-20-17-22-10-21-16(19)24-17;2*1-2/h1-8,10H,9H2,(H3,19,20,21,22,24);1-2H3;1-2H. The molecule has 8 heteroatoms. The van der Waals surface area contributed by atoms with Crippen molar-refractivity contribution in [3.8, 4) is 18.5 Å². The van der Waals surface area contributed by atoms with E-state index in [1.165, 1.54) is 18.5 Å². The minimum Gasteiger partial charge on any atom is -0.368 e. The lowest BCUT2D eigenvalue weighted by molar-refractivity contribution is 0.629. The molecule has 0 aliphatic rings. The molecule has 0 fully saturated rings. The molecule has 0 saturated heterocycles. The number of rotatable bonds is 4. The molecule has 29 heavy (non-hydrogen) atoms. The number of nitrogens with zero attached hydrogens (tertiary/aromatic N) is 5. The Bertz CT molecular complexity index is 1070. The molecule has 4 rings (SSSR count). The third-order valence-corrected chi connectivity index (χ3v) is 3.70. The molecule has 0 bridgehead atoms. The van der Waals surface area contributed by atoms with Crippen LogP contribution >= 0.6 is 0 Å². The zero-order valence-corrected chi connectivity index (χ0v) is 16.2. The molecule has 0 radical (unpaired) electrons. The van der Waals surface area contributed by atoms with Gasteiger partial charge in [0.2, 0.25) is 11.9 Å². The zero-order valence-electron chi connectivity index (χ0n) is 16.2. The van der Waals surface area contributed by atoms with Gasteiger partial charge in [-0.15, -0.1) is 12.8 Å². The highest BCUT2D eigenvalue weighted by atomic mass is 19.1. The van der Waals surface area contributed by atoms with Gasteiger partial charge in [-0.25, -0.2) is 19.3 Å². The van der Waals surface area contributed by atoms with E-state index in [1.54, 1.807) is 6.07 Å². The molecule has 148 valence electrons. The average Bonchev–Trinajstić information content (AvgIpc) is 3.13. The summed E-state index contributed by atoms with van der Waals surface area (Å²) in [5.41, 5.74) is 7.85. The Morgan fingerprint density at radius 1 is 1.03 bits per heavy atom. The summed E-state index contributed by atoms with van der Waals surface area (Å²) >= 11 is 0. The fraction of sp³-hybridized carbons (Fsp3) is 0.143. The van der Waals surface area contributed by atoms with Crippen LogP contribution in [0.1, 0.15) is 19.7 Å². The molecule has 0 atom stereocenters. The van der Waals surface area contributed by atoms with Gasteiger partial charge < -0.3 is 11.1 Å². The first-order chi connectivity index (χ1) is 14.2. The molecular formula is C21H22FN7. The Morgan fingerprint density at radius 3 is 2.45 bits per heavy atom. The van der Waals surface area contributed by atoms with Crippen LogP contribution in [0.2, 0.25) is 0 Å². The number of nitrogen functional groups attached to an aromatic ring is 1. The second-order valence-corrected chi connectivity index (χ2v) is 5.35. The minimum atomic E-state index is -0.311. The van der Waals surface area contributed by atoms with Crippen LogP contribution in [0.5, 0.6) is 0 Å². The van der Waals surface area contributed by atoms with Crippen LogP contribution in [-0.2, 0) is 6.54 Å². The van der Waals surface area contributed by atoms with Crippen LogP contribution in [0.25, 0.3) is 16.7 Å². The molecule has 7 nitrogen and oxygen atoms in total. The summed E-state index contributed by atoms with van der Waals surface area (Å²) in [6.07, 6.45) is 9.33. The number of nitrogens with one attached hydrogen (secondary N) is 1. The quantitative estimate of drug-likeness (QED) is 0.514. The molecule has 2 aromatic carbocycles. The van der Waals surface area contributed by atoms with Crippen LogP contribution in [0.3, 0.4) is 0 Å². The second kappa shape index (κ2) is 10.4. The lowest BCUT2D eigenvalue weighted by Gasteiger charge is -2.10. The van der Waals surface area contributed by atoms with Gasteiger partial charge in [0.1, 0.15) is 18.0 Å². The lowest BCUT2D eigenvalue weighted by Crippen LogP contribution is -2.10. The summed E-state index contributed by atoms with van der Waals surface area (Å²) in [4.78, 5) is 16.4. The first-order valence-corrected chi connectivity index (χ1v) is 8.95. The fourth-order valence-electron chi connectivity index (χ4n) is 2.63. The molecule has 0 spiro atoms. The van der Waals surface area contributed by atoms with Crippen LogP contribution in [0.15, 0.2) is 54.9 Å². The summed E-state index contributed by atoms with van der Waals surface area (Å²) in [5.74, 6) is 0.876. The number of imidazole rings is 1. The molecule has 0 aliphatic carbocycles. The van der Waals surface area contributed by atoms with Gasteiger partial charge in [0.25, 0.3) is 0 Å². The number of fused-ring (bicyclic) bond motifs is 1. The van der Waals surface area contributed by atoms with Crippen molar-refractivity contribution in [2.75, 3.05) is 11.1 Å². The first kappa shape index (κ1) is 21.3. The van der Waals surface area contributed by atoms with E-state index in [9.17, 15) is 4.39 Å². The summed E-state index contributed by atoms with van der Waals surface area (Å²) < 4.78 is 15.6. The van der Waals surface area contributed by atoms with Crippen LogP contribution in [0, 0.1) is 18.7 Å². The number of hydrogen-bond acceptors (Lipinski definition) is 6. The molecule has 2 aromatic heterocycles. The smallest absolute Gasteiger partial charge is 0.227 e. The summed E-state index contributed by atoms with van der Waals surface area (Å²) in [7, 11) is 0. The predicted molar refractivity (Wildman–Crippen MR) is 114 cm³/mol. The fourth-order valence-corrected chi connectivity index (χ4v) is 2.63. The Morgan fingerprint density at radius 2 is 1.76 bits per heavy atom. The van der Waals surface area contributed by atoms with Crippen molar-refractivity contribution in [1.29, 1.82) is 0 Å². The maximum absolute atomic E-state index is 13.7. The highest BCUT2D eigenvalue weighted by Gasteiger charge is 2.13. The summed E-state index contributed by atoms with van der Waals surface area (Å²) in [6.45, 7) is 4.34. The molecule has 0 aliphatic heterocycles. The minimum absolute atomic E-state index is 0.135. The largest absolute Gasteiger partial charge is 0.368 e. The number of benzene rings is 2. The molecule has 0 unspecified atom stereocenters. The second-order valence-electron chi connectivity index (χ2n) is 5.35. The van der Waals surface area contributed by atoms with Crippen molar-refractivity contribution in [1.82, 2.24) is 24.5 Å². The van der Waals surface area contributed by atoms with E-state index < -0.39 is 0 Å². The summed E-state index contributed by atoms with van der Waals surface area (Å²) in [6, 6.07) is 14.2. The van der Waals surface area contributed by atoms with Gasteiger partial charge in [-0.05, 0) is 24.3 Å². The summed E-state index contributed by atoms with van der Waals surface area (Å²) in [5, 5.41) is 3.07. The highest BCUT2D eigenvalue weighted by molar-refractivity contribution is 5.78. The number of terminal acetylenes is 1. The Kier molecular flexibility index (Phi) is 7.62. The van der Waals surface area contributed by atoms with Gasteiger partial charge in [0, 0.05) is 11.8 Å². The topological polar surface area (TPSA) is 94.5 Å². The van der Waals surface area contributed by atoms with Gasteiger partial charge in [-0.1, -0.05) is 32.0 Å². The average molecular weight is 391 g/mol. The van der Waals surface area contributed by atoms with E-state index in [0.29, 0.717) is 29.4 Å². The van der Waals surface area contributed by atoms with E-state index in [0.717, 1.165) is 5.69 Å². The predicted octanol–water partition coefficient (Wildman–Crippen LogP) is 3.82. The first-order valence-electron chi connectivity index (χ1n) is 8.95. The number of anilines is 2. The lowest BCUT2D eigenvalue weighted by atomic mass is 10.2. The maximum Gasteiger partial charge on any atom is 0.227 e. The van der Waals surface area contributed by atoms with E-state index in [1.807, 2.05) is 48.7 Å². The van der Waals surface area contributed by atoms with Gasteiger partial charge in [-0.2, -0.15) is 4.98 Å². The highest BCUT2D eigenvalue weighted by Crippen LogP contribution is 2.23. The zero-order chi connectivity index (χ0) is 21.2. The van der Waals surface area contributed by atoms with Gasteiger partial charge >= 0.3 is 0 Å². The molecule has 2 heterocycles. The van der Waals surface area contributed by atoms with E-state index in [-0.39, 0.29) is 11.8 Å². The van der Waals surface area contributed by atoms with Gasteiger partial charge in [0.05, 0.1) is 17.6 Å². The Hall–Kier alpha value is -3.99. The SMILES string of the molecule is C#C.CC.Nc1ncnc(NCc2nc3ccc(F)cc3n2-c2ccccc2)n1. The molecule has 3 N–H and O–H groups in total. The number of halogens is 1. The number of nitrogens with two attached hydrogens (primary N) is 1. The Labute approximate surface area is 168 Å². The number of para-hydroxylation sites is 1. The monoisotopic (exact) mass is 391 g/mol. The normalized spacial score (nSPS) is 9.69. The molecular weight excluding hydrogens is 369 g/mol. The maximum atomic E-state index is 13.7. The van der Waals surface area contributed by atoms with E-state index in [4.69, 9.17) is 5.73 Å². The number of aromatic nitrogens is 5. The van der Waals surface area contributed by atoms with Crippen molar-refractivity contribution in [2.24, 2.45) is 0 Å². The van der Waals surface area contributed by atoms with Gasteiger partial charge in [-0.3, -0.25) is 4.57 Å². The molecule has 0 saturated carbocycles. The van der Waals surface area contributed by atoms with E-state index >= 15 is 0 Å². The van der Waals surface area contributed by atoms with Gasteiger partial charge in [0.15, 0.2) is 0 Å². The van der Waals surface area contributed by atoms with Crippen molar-refractivity contribution in [2.45, 2.75) is 20.4 Å². The van der Waals surface area contributed by atoms with Crippen molar-refractivity contribution < 1.29 is 4.39 Å². The molecule has 0 amide bonds. The Balaban J connectivity index is 0.000000707. The molecule has 4 aromatic rings. The third-order valence-electron chi connectivity index (χ3n) is 3.70. The van der Waals surface area contributed by atoms with Crippen LogP contribution < -0.4 is 11.1 Å². The van der Waals surface area contributed by atoms with Crippen molar-refractivity contribution >= 4 is 22.9 Å². The third kappa shape index (κ3) is 5.05. The van der Waals surface area contributed by atoms with Crippen molar-refractivity contribution in [3.63, 3.8) is 0 Å².